The van der Waals surface area contributed by atoms with Gasteiger partial charge in [-0.05, 0) is 61.5 Å². The summed E-state index contributed by atoms with van der Waals surface area (Å²) in [6.45, 7) is 4.67. The molecule has 0 saturated heterocycles. The summed E-state index contributed by atoms with van der Waals surface area (Å²) in [5, 5.41) is 9.27. The molecule has 0 aliphatic rings. The minimum Gasteiger partial charge on any atom is -0.494 e. The number of unbranched alkanes of at least 4 members (excludes halogenated alkanes) is 1. The fourth-order valence-corrected chi connectivity index (χ4v) is 4.00. The molecule has 0 unspecified atom stereocenters. The standard InChI is InChI=1S/C23H26N4O3S2/c1-3-5-12-30-17-9-6-8-15(13-17)21(29)27-22(31)24-16-10-11-18-19(14-16)32-23(25-18)26-20(28)7-4-2/h6,8-11,13-14H,3-5,7,12H2,1-2H3,(H,25,26,28)(H2,24,27,29,31). The maximum absolute atomic E-state index is 12.6. The third-order valence-electron chi connectivity index (χ3n) is 4.46. The Morgan fingerprint density at radius 1 is 1.09 bits per heavy atom. The average Bonchev–Trinajstić information content (AvgIpc) is 3.15. The first-order valence-electron chi connectivity index (χ1n) is 10.5. The number of amides is 2. The molecule has 2 amide bonds. The first kappa shape index (κ1) is 23.6. The van der Waals surface area contributed by atoms with E-state index in [4.69, 9.17) is 17.0 Å². The number of aromatic nitrogens is 1. The van der Waals surface area contributed by atoms with Crippen molar-refractivity contribution in [2.45, 2.75) is 39.5 Å². The van der Waals surface area contributed by atoms with Gasteiger partial charge in [0.25, 0.3) is 5.91 Å². The number of nitrogens with one attached hydrogen (secondary N) is 3. The molecule has 0 atom stereocenters. The zero-order valence-corrected chi connectivity index (χ0v) is 19.7. The van der Waals surface area contributed by atoms with Crippen LogP contribution in [0.5, 0.6) is 5.75 Å². The predicted molar refractivity (Wildman–Crippen MR) is 134 cm³/mol. The molecule has 1 heterocycles. The van der Waals surface area contributed by atoms with Crippen LogP contribution in [0.3, 0.4) is 0 Å². The molecule has 0 spiro atoms. The fourth-order valence-electron chi connectivity index (χ4n) is 2.86. The van der Waals surface area contributed by atoms with Crippen molar-refractivity contribution in [1.82, 2.24) is 10.3 Å². The van der Waals surface area contributed by atoms with Crippen molar-refractivity contribution >= 4 is 61.5 Å². The van der Waals surface area contributed by atoms with Gasteiger partial charge in [-0.1, -0.05) is 37.7 Å². The van der Waals surface area contributed by atoms with Gasteiger partial charge < -0.3 is 15.4 Å². The van der Waals surface area contributed by atoms with Crippen LogP contribution in [0.4, 0.5) is 10.8 Å². The Morgan fingerprint density at radius 3 is 2.72 bits per heavy atom. The molecule has 0 saturated carbocycles. The van der Waals surface area contributed by atoms with E-state index in [1.807, 2.05) is 31.2 Å². The number of anilines is 2. The fraction of sp³-hybridized carbons (Fsp3) is 0.304. The number of nitrogens with zero attached hydrogens (tertiary/aromatic N) is 1. The molecule has 3 N–H and O–H groups in total. The molecule has 9 heteroatoms. The van der Waals surface area contributed by atoms with Crippen LogP contribution in [-0.2, 0) is 4.79 Å². The summed E-state index contributed by atoms with van der Waals surface area (Å²) in [7, 11) is 0. The lowest BCUT2D eigenvalue weighted by Crippen LogP contribution is -2.34. The van der Waals surface area contributed by atoms with E-state index in [0.717, 1.165) is 35.2 Å². The van der Waals surface area contributed by atoms with Gasteiger partial charge >= 0.3 is 0 Å². The normalized spacial score (nSPS) is 10.6. The second kappa shape index (κ2) is 11.5. The van der Waals surface area contributed by atoms with Crippen molar-refractivity contribution in [3.05, 3.63) is 48.0 Å². The third kappa shape index (κ3) is 6.73. The summed E-state index contributed by atoms with van der Waals surface area (Å²) in [5.41, 5.74) is 1.96. The summed E-state index contributed by atoms with van der Waals surface area (Å²) < 4.78 is 6.55. The van der Waals surface area contributed by atoms with Gasteiger partial charge in [0, 0.05) is 17.7 Å². The SMILES string of the molecule is CCCCOc1cccc(C(=O)NC(=S)Nc2ccc3nc(NC(=O)CCC)sc3c2)c1. The molecule has 3 aromatic rings. The molecule has 3 rings (SSSR count). The van der Waals surface area contributed by atoms with Crippen molar-refractivity contribution in [3.8, 4) is 5.75 Å². The number of thiocarbonyl (C=S) groups is 1. The van der Waals surface area contributed by atoms with E-state index < -0.39 is 0 Å². The summed E-state index contributed by atoms with van der Waals surface area (Å²) in [6, 6.07) is 12.6. The molecule has 0 radical (unpaired) electrons. The van der Waals surface area contributed by atoms with Crippen molar-refractivity contribution in [2.75, 3.05) is 17.2 Å². The summed E-state index contributed by atoms with van der Waals surface area (Å²) in [4.78, 5) is 28.8. The Hall–Kier alpha value is -3.04. The van der Waals surface area contributed by atoms with Crippen molar-refractivity contribution in [3.63, 3.8) is 0 Å². The van der Waals surface area contributed by atoms with Gasteiger partial charge in [0.05, 0.1) is 16.8 Å². The van der Waals surface area contributed by atoms with E-state index >= 15 is 0 Å². The van der Waals surface area contributed by atoms with Crippen LogP contribution >= 0.6 is 23.6 Å². The Kier molecular flexibility index (Phi) is 8.52. The molecule has 7 nitrogen and oxygen atoms in total. The smallest absolute Gasteiger partial charge is 0.257 e. The van der Waals surface area contributed by atoms with Gasteiger partial charge in [-0.2, -0.15) is 0 Å². The summed E-state index contributed by atoms with van der Waals surface area (Å²) in [6.07, 6.45) is 3.25. The number of rotatable bonds is 9. The molecule has 1 aromatic heterocycles. The number of hydrogen-bond donors (Lipinski definition) is 3. The summed E-state index contributed by atoms with van der Waals surface area (Å²) >= 11 is 6.69. The van der Waals surface area contributed by atoms with Gasteiger partial charge in [-0.3, -0.25) is 14.9 Å². The second-order valence-corrected chi connectivity index (χ2v) is 8.58. The highest BCUT2D eigenvalue weighted by atomic mass is 32.1. The van der Waals surface area contributed by atoms with Crippen LogP contribution in [-0.4, -0.2) is 28.5 Å². The second-order valence-electron chi connectivity index (χ2n) is 7.14. The topological polar surface area (TPSA) is 92.3 Å². The quantitative estimate of drug-likeness (QED) is 0.289. The van der Waals surface area contributed by atoms with Crippen LogP contribution in [0.2, 0.25) is 0 Å². The zero-order valence-electron chi connectivity index (χ0n) is 18.1. The molecule has 0 aliphatic heterocycles. The highest BCUT2D eigenvalue weighted by molar-refractivity contribution is 7.80. The molecule has 0 bridgehead atoms. The van der Waals surface area contributed by atoms with Crippen LogP contribution in [0.25, 0.3) is 10.2 Å². The van der Waals surface area contributed by atoms with Gasteiger partial charge in [0.2, 0.25) is 5.91 Å². The van der Waals surface area contributed by atoms with E-state index in [2.05, 4.69) is 27.9 Å². The van der Waals surface area contributed by atoms with E-state index in [1.165, 1.54) is 11.3 Å². The van der Waals surface area contributed by atoms with Crippen molar-refractivity contribution in [1.29, 1.82) is 0 Å². The van der Waals surface area contributed by atoms with Gasteiger partial charge in [0.1, 0.15) is 5.75 Å². The lowest BCUT2D eigenvalue weighted by atomic mass is 10.2. The molecule has 0 aliphatic carbocycles. The van der Waals surface area contributed by atoms with Crippen LogP contribution in [0, 0.1) is 0 Å². The van der Waals surface area contributed by atoms with E-state index in [-0.39, 0.29) is 16.9 Å². The van der Waals surface area contributed by atoms with Gasteiger partial charge in [0.15, 0.2) is 10.2 Å². The minimum atomic E-state index is -0.316. The van der Waals surface area contributed by atoms with Crippen LogP contribution in [0.15, 0.2) is 42.5 Å². The lowest BCUT2D eigenvalue weighted by Gasteiger charge is -2.11. The van der Waals surface area contributed by atoms with Crippen LogP contribution in [0.1, 0.15) is 49.9 Å². The maximum Gasteiger partial charge on any atom is 0.257 e. The van der Waals surface area contributed by atoms with E-state index in [1.54, 1.807) is 18.2 Å². The third-order valence-corrected chi connectivity index (χ3v) is 5.60. The lowest BCUT2D eigenvalue weighted by molar-refractivity contribution is -0.116. The highest BCUT2D eigenvalue weighted by Gasteiger charge is 2.11. The predicted octanol–water partition coefficient (Wildman–Crippen LogP) is 5.34. The number of carbonyl (C=O) groups is 2. The molecule has 168 valence electrons. The number of carbonyl (C=O) groups excluding carboxylic acids is 2. The Balaban J connectivity index is 1.60. The van der Waals surface area contributed by atoms with Crippen molar-refractivity contribution in [2.24, 2.45) is 0 Å². The molecular weight excluding hydrogens is 444 g/mol. The number of benzene rings is 2. The monoisotopic (exact) mass is 470 g/mol. The van der Waals surface area contributed by atoms with Gasteiger partial charge in [-0.15, -0.1) is 0 Å². The highest BCUT2D eigenvalue weighted by Crippen LogP contribution is 2.28. The number of hydrogen-bond acceptors (Lipinski definition) is 6. The summed E-state index contributed by atoms with van der Waals surface area (Å²) in [5.74, 6) is 0.291. The average molecular weight is 471 g/mol. The first-order chi connectivity index (χ1) is 15.5. The molecular formula is C23H26N4O3S2. The Morgan fingerprint density at radius 2 is 1.94 bits per heavy atom. The number of thiazole rings is 1. The molecule has 0 fully saturated rings. The Bertz CT molecular complexity index is 1110. The van der Waals surface area contributed by atoms with E-state index in [0.29, 0.717) is 29.5 Å². The van der Waals surface area contributed by atoms with Crippen LogP contribution < -0.4 is 20.7 Å². The van der Waals surface area contributed by atoms with Crippen molar-refractivity contribution < 1.29 is 14.3 Å². The van der Waals surface area contributed by atoms with Gasteiger partial charge in [-0.25, -0.2) is 4.98 Å². The van der Waals surface area contributed by atoms with E-state index in [9.17, 15) is 9.59 Å². The molecule has 2 aromatic carbocycles. The minimum absolute atomic E-state index is 0.0476. The Labute approximate surface area is 196 Å². The maximum atomic E-state index is 12.6. The number of ether oxygens (including phenoxy) is 1. The largest absolute Gasteiger partial charge is 0.494 e. The number of fused-ring (bicyclic) bond motifs is 1. The first-order valence-corrected chi connectivity index (χ1v) is 11.8. The molecule has 32 heavy (non-hydrogen) atoms. The zero-order chi connectivity index (χ0) is 22.9.